The Labute approximate surface area is 103 Å². The van der Waals surface area contributed by atoms with Gasteiger partial charge in [0.1, 0.15) is 5.75 Å². The molecular weight excluding hydrogens is 214 g/mol. The SMILES string of the molecule is CCC(=O)NC(C)c1cccc(OC(C)C)c1. The molecule has 0 saturated heterocycles. The van der Waals surface area contributed by atoms with Gasteiger partial charge in [-0.2, -0.15) is 0 Å². The normalized spacial score (nSPS) is 12.3. The Morgan fingerprint density at radius 2 is 2.06 bits per heavy atom. The van der Waals surface area contributed by atoms with E-state index in [0.717, 1.165) is 11.3 Å². The molecule has 1 N–H and O–H groups in total. The summed E-state index contributed by atoms with van der Waals surface area (Å²) in [6, 6.07) is 7.85. The molecule has 0 heterocycles. The first-order valence-corrected chi connectivity index (χ1v) is 6.09. The number of hydrogen-bond donors (Lipinski definition) is 1. The largest absolute Gasteiger partial charge is 0.491 e. The number of benzene rings is 1. The fourth-order valence-corrected chi connectivity index (χ4v) is 1.56. The van der Waals surface area contributed by atoms with Crippen LogP contribution in [0.2, 0.25) is 0 Å². The zero-order valence-electron chi connectivity index (χ0n) is 11.0. The molecule has 0 saturated carbocycles. The Kier molecular flexibility index (Phi) is 5.01. The Balaban J connectivity index is 2.73. The number of amides is 1. The molecule has 1 aromatic carbocycles. The molecule has 94 valence electrons. The first-order chi connectivity index (χ1) is 8.02. The third-order valence-corrected chi connectivity index (χ3v) is 2.43. The fraction of sp³-hybridized carbons (Fsp3) is 0.500. The zero-order chi connectivity index (χ0) is 12.8. The van der Waals surface area contributed by atoms with Gasteiger partial charge in [0.2, 0.25) is 5.91 Å². The molecule has 0 aliphatic carbocycles. The van der Waals surface area contributed by atoms with Gasteiger partial charge in [-0.15, -0.1) is 0 Å². The minimum Gasteiger partial charge on any atom is -0.491 e. The van der Waals surface area contributed by atoms with Gasteiger partial charge >= 0.3 is 0 Å². The van der Waals surface area contributed by atoms with Gasteiger partial charge < -0.3 is 10.1 Å². The van der Waals surface area contributed by atoms with Gasteiger partial charge in [-0.05, 0) is 38.5 Å². The lowest BCUT2D eigenvalue weighted by molar-refractivity contribution is -0.121. The molecule has 1 rings (SSSR count). The van der Waals surface area contributed by atoms with Crippen LogP contribution < -0.4 is 10.1 Å². The van der Waals surface area contributed by atoms with E-state index >= 15 is 0 Å². The van der Waals surface area contributed by atoms with Gasteiger partial charge in [0.15, 0.2) is 0 Å². The number of rotatable bonds is 5. The third-order valence-electron chi connectivity index (χ3n) is 2.43. The van der Waals surface area contributed by atoms with Crippen LogP contribution in [-0.2, 0) is 4.79 Å². The van der Waals surface area contributed by atoms with Crippen molar-refractivity contribution in [1.29, 1.82) is 0 Å². The Bertz CT molecular complexity index is 374. The molecule has 1 unspecified atom stereocenters. The van der Waals surface area contributed by atoms with Crippen molar-refractivity contribution in [2.45, 2.75) is 46.3 Å². The van der Waals surface area contributed by atoms with Gasteiger partial charge in [-0.25, -0.2) is 0 Å². The van der Waals surface area contributed by atoms with Gasteiger partial charge in [-0.3, -0.25) is 4.79 Å². The number of nitrogens with one attached hydrogen (secondary N) is 1. The maximum atomic E-state index is 11.3. The van der Waals surface area contributed by atoms with Crippen LogP contribution in [0, 0.1) is 0 Å². The topological polar surface area (TPSA) is 38.3 Å². The zero-order valence-corrected chi connectivity index (χ0v) is 11.0. The van der Waals surface area contributed by atoms with Gasteiger partial charge in [0.25, 0.3) is 0 Å². The van der Waals surface area contributed by atoms with Crippen LogP contribution in [0.15, 0.2) is 24.3 Å². The first-order valence-electron chi connectivity index (χ1n) is 6.09. The summed E-state index contributed by atoms with van der Waals surface area (Å²) in [5.41, 5.74) is 1.06. The van der Waals surface area contributed by atoms with Crippen LogP contribution in [-0.4, -0.2) is 12.0 Å². The van der Waals surface area contributed by atoms with Gasteiger partial charge in [-0.1, -0.05) is 19.1 Å². The van der Waals surface area contributed by atoms with E-state index in [1.165, 1.54) is 0 Å². The maximum absolute atomic E-state index is 11.3. The van der Waals surface area contributed by atoms with Crippen molar-refractivity contribution in [3.05, 3.63) is 29.8 Å². The van der Waals surface area contributed by atoms with Crippen molar-refractivity contribution in [2.75, 3.05) is 0 Å². The summed E-state index contributed by atoms with van der Waals surface area (Å²) in [5.74, 6) is 0.905. The minimum absolute atomic E-state index is 0.0122. The summed E-state index contributed by atoms with van der Waals surface area (Å²) >= 11 is 0. The lowest BCUT2D eigenvalue weighted by Crippen LogP contribution is -2.25. The molecule has 3 heteroatoms. The molecule has 0 radical (unpaired) electrons. The summed E-state index contributed by atoms with van der Waals surface area (Å²) in [7, 11) is 0. The fourth-order valence-electron chi connectivity index (χ4n) is 1.56. The quantitative estimate of drug-likeness (QED) is 0.851. The lowest BCUT2D eigenvalue weighted by atomic mass is 10.1. The lowest BCUT2D eigenvalue weighted by Gasteiger charge is -2.16. The summed E-state index contributed by atoms with van der Waals surface area (Å²) in [6.07, 6.45) is 0.665. The maximum Gasteiger partial charge on any atom is 0.220 e. The molecule has 17 heavy (non-hydrogen) atoms. The van der Waals surface area contributed by atoms with E-state index in [4.69, 9.17) is 4.74 Å². The van der Waals surface area contributed by atoms with E-state index in [2.05, 4.69) is 5.32 Å². The van der Waals surface area contributed by atoms with Crippen LogP contribution in [0.5, 0.6) is 5.75 Å². The molecule has 1 atom stereocenters. The second-order valence-corrected chi connectivity index (χ2v) is 4.38. The van der Waals surface area contributed by atoms with Crippen LogP contribution >= 0.6 is 0 Å². The molecule has 0 aliphatic rings. The van der Waals surface area contributed by atoms with E-state index in [-0.39, 0.29) is 18.1 Å². The smallest absolute Gasteiger partial charge is 0.220 e. The van der Waals surface area contributed by atoms with E-state index < -0.39 is 0 Å². The number of hydrogen-bond acceptors (Lipinski definition) is 2. The summed E-state index contributed by atoms with van der Waals surface area (Å²) in [6.45, 7) is 7.81. The molecule has 0 aliphatic heterocycles. The third kappa shape index (κ3) is 4.47. The highest BCUT2D eigenvalue weighted by atomic mass is 16.5. The summed E-state index contributed by atoms with van der Waals surface area (Å²) in [5, 5.41) is 2.93. The highest BCUT2D eigenvalue weighted by molar-refractivity contribution is 5.76. The summed E-state index contributed by atoms with van der Waals surface area (Å²) in [4.78, 5) is 11.3. The monoisotopic (exact) mass is 235 g/mol. The molecule has 1 amide bonds. The highest BCUT2D eigenvalue weighted by Gasteiger charge is 2.09. The molecule has 1 aromatic rings. The number of carbonyl (C=O) groups excluding carboxylic acids is 1. The van der Waals surface area contributed by atoms with Crippen molar-refractivity contribution in [2.24, 2.45) is 0 Å². The molecule has 0 fully saturated rings. The molecule has 3 nitrogen and oxygen atoms in total. The first kappa shape index (κ1) is 13.6. The second-order valence-electron chi connectivity index (χ2n) is 4.38. The predicted molar refractivity (Wildman–Crippen MR) is 69.1 cm³/mol. The summed E-state index contributed by atoms with van der Waals surface area (Å²) < 4.78 is 5.62. The van der Waals surface area contributed by atoms with E-state index in [1.54, 1.807) is 0 Å². The minimum atomic E-state index is 0.0122. The molecule has 0 spiro atoms. The van der Waals surface area contributed by atoms with Gasteiger partial charge in [0, 0.05) is 6.42 Å². The number of carbonyl (C=O) groups is 1. The molecule has 0 bridgehead atoms. The van der Waals surface area contributed by atoms with Crippen molar-refractivity contribution in [3.63, 3.8) is 0 Å². The molecule has 0 aromatic heterocycles. The molecular formula is C14H21NO2. The van der Waals surface area contributed by atoms with Crippen LogP contribution in [0.3, 0.4) is 0 Å². The Morgan fingerprint density at radius 1 is 1.35 bits per heavy atom. The highest BCUT2D eigenvalue weighted by Crippen LogP contribution is 2.20. The van der Waals surface area contributed by atoms with Crippen LogP contribution in [0.4, 0.5) is 0 Å². The second kappa shape index (κ2) is 6.28. The van der Waals surface area contributed by atoms with Gasteiger partial charge in [0.05, 0.1) is 12.1 Å². The average molecular weight is 235 g/mol. The van der Waals surface area contributed by atoms with E-state index in [9.17, 15) is 4.79 Å². The standard InChI is InChI=1S/C14H21NO2/c1-5-14(16)15-11(4)12-7-6-8-13(9-12)17-10(2)3/h6-11H,5H2,1-4H3,(H,15,16). The van der Waals surface area contributed by atoms with Crippen LogP contribution in [0.25, 0.3) is 0 Å². The van der Waals surface area contributed by atoms with Crippen LogP contribution in [0.1, 0.15) is 45.7 Å². The van der Waals surface area contributed by atoms with Crippen molar-refractivity contribution in [1.82, 2.24) is 5.32 Å². The van der Waals surface area contributed by atoms with Crippen molar-refractivity contribution < 1.29 is 9.53 Å². The van der Waals surface area contributed by atoms with E-state index in [1.807, 2.05) is 52.0 Å². The average Bonchev–Trinajstić information content (AvgIpc) is 2.28. The Hall–Kier alpha value is -1.51. The van der Waals surface area contributed by atoms with E-state index in [0.29, 0.717) is 6.42 Å². The number of ether oxygens (including phenoxy) is 1. The van der Waals surface area contributed by atoms with Crippen molar-refractivity contribution >= 4 is 5.91 Å². The Morgan fingerprint density at radius 3 is 2.65 bits per heavy atom. The van der Waals surface area contributed by atoms with Crippen molar-refractivity contribution in [3.8, 4) is 5.75 Å². The predicted octanol–water partition coefficient (Wildman–Crippen LogP) is 3.06.